The van der Waals surface area contributed by atoms with Crippen LogP contribution in [0.15, 0.2) is 14.7 Å². The maximum atomic E-state index is 11.8. The molecule has 1 fully saturated rings. The highest BCUT2D eigenvalue weighted by Gasteiger charge is 2.27. The summed E-state index contributed by atoms with van der Waals surface area (Å²) in [6.45, 7) is 11.3. The lowest BCUT2D eigenvalue weighted by Gasteiger charge is -2.39. The smallest absolute Gasteiger partial charge is 0.242 e. The van der Waals surface area contributed by atoms with Crippen LogP contribution in [0, 0.1) is 0 Å². The lowest BCUT2D eigenvalue weighted by atomic mass is 10.2. The topological polar surface area (TPSA) is 72.7 Å². The molecule has 7 nitrogen and oxygen atoms in total. The second-order valence-corrected chi connectivity index (χ2v) is 5.60. The van der Waals surface area contributed by atoms with Gasteiger partial charge in [-0.15, -0.1) is 0 Å². The minimum absolute atomic E-state index is 0.0635. The monoisotopic (exact) mass is 316 g/mol. The molecule has 0 spiro atoms. The van der Waals surface area contributed by atoms with E-state index in [-0.39, 0.29) is 18.0 Å². The number of rotatable bonds is 4. The van der Waals surface area contributed by atoms with E-state index in [1.807, 2.05) is 20.8 Å². The molecule has 1 rings (SSSR count). The number of guanidine groups is 1. The summed E-state index contributed by atoms with van der Waals surface area (Å²) in [7, 11) is 0. The maximum Gasteiger partial charge on any atom is 0.242 e. The van der Waals surface area contributed by atoms with Gasteiger partial charge in [0, 0.05) is 38.3 Å². The minimum Gasteiger partial charge on any atom is -0.353 e. The van der Waals surface area contributed by atoms with E-state index in [1.165, 1.54) is 0 Å². The van der Waals surface area contributed by atoms with Crippen molar-refractivity contribution in [2.75, 3.05) is 32.7 Å². The largest absolute Gasteiger partial charge is 0.353 e. The van der Waals surface area contributed by atoms with Crippen molar-refractivity contribution in [3.63, 3.8) is 0 Å². The Labute approximate surface area is 131 Å². The summed E-state index contributed by atoms with van der Waals surface area (Å²) in [5, 5.41) is 6.79. The fourth-order valence-electron chi connectivity index (χ4n) is 2.40. The summed E-state index contributed by atoms with van der Waals surface area (Å²) in [6, 6.07) is 0.377. The maximum absolute atomic E-state index is 11.8. The zero-order valence-electron chi connectivity index (χ0n) is 13.2. The first-order valence-corrected chi connectivity index (χ1v) is 7.66. The predicted molar refractivity (Wildman–Crippen MR) is 84.6 cm³/mol. The third-order valence-corrected chi connectivity index (χ3v) is 3.29. The van der Waals surface area contributed by atoms with E-state index in [1.54, 1.807) is 0 Å². The van der Waals surface area contributed by atoms with Gasteiger partial charge in [0.1, 0.15) is 0 Å². The minimum atomic E-state index is 0.0635. The van der Waals surface area contributed by atoms with E-state index < -0.39 is 0 Å². The van der Waals surface area contributed by atoms with Crippen LogP contribution >= 0.6 is 11.8 Å². The summed E-state index contributed by atoms with van der Waals surface area (Å²) in [5.41, 5.74) is 0. The average molecular weight is 317 g/mol. The van der Waals surface area contributed by atoms with Gasteiger partial charge in [0.25, 0.3) is 0 Å². The number of halogens is 1. The third-order valence-electron chi connectivity index (χ3n) is 3.21. The van der Waals surface area contributed by atoms with Crippen LogP contribution in [0.5, 0.6) is 0 Å². The number of nitrogens with one attached hydrogen (secondary N) is 1. The number of carbonyl (C=O) groups is 1. The zero-order chi connectivity index (χ0) is 15.8. The lowest BCUT2D eigenvalue weighted by Crippen LogP contribution is -2.55. The lowest BCUT2D eigenvalue weighted by molar-refractivity contribution is -0.123. The Kier molecular flexibility index (Phi) is 7.60. The molecule has 0 unspecified atom stereocenters. The van der Waals surface area contributed by atoms with Gasteiger partial charge in [0.2, 0.25) is 11.9 Å². The highest BCUT2D eigenvalue weighted by Crippen LogP contribution is 2.11. The highest BCUT2D eigenvalue weighted by molar-refractivity contribution is 6.14. The standard InChI is InChI=1S/C13H25ClN6O/c1-5-15-13(17-18-14)20-7-6-19(8-11(20)4)9-12(21)16-10(2)3/h10-11H,5-9H2,1-4H3,(H,16,21)/t11-/m1/s1. The Balaban J connectivity index is 2.57. The summed E-state index contributed by atoms with van der Waals surface area (Å²) in [4.78, 5) is 20.3. The molecule has 0 aliphatic carbocycles. The molecule has 1 heterocycles. The predicted octanol–water partition coefficient (Wildman–Crippen LogP) is 1.50. The molecule has 8 heteroatoms. The van der Waals surface area contributed by atoms with Crippen LogP contribution in [-0.2, 0) is 4.79 Å². The molecular formula is C13H25ClN6O. The number of hydrogen-bond acceptors (Lipinski definition) is 4. The second kappa shape index (κ2) is 8.94. The van der Waals surface area contributed by atoms with Crippen molar-refractivity contribution in [2.45, 2.75) is 39.8 Å². The highest BCUT2D eigenvalue weighted by atomic mass is 35.5. The van der Waals surface area contributed by atoms with Gasteiger partial charge in [-0.25, -0.2) is 0 Å². The van der Waals surface area contributed by atoms with Crippen LogP contribution in [0.1, 0.15) is 27.7 Å². The van der Waals surface area contributed by atoms with E-state index in [0.717, 1.165) is 19.6 Å². The zero-order valence-corrected chi connectivity index (χ0v) is 14.0. The first-order valence-electron chi connectivity index (χ1n) is 7.32. The summed E-state index contributed by atoms with van der Waals surface area (Å²) in [5.74, 6) is 0.625. The van der Waals surface area contributed by atoms with Gasteiger partial charge < -0.3 is 10.2 Å². The molecule has 1 amide bonds. The molecule has 1 aliphatic heterocycles. The number of piperazine rings is 1. The van der Waals surface area contributed by atoms with Crippen LogP contribution in [0.2, 0.25) is 0 Å². The Morgan fingerprint density at radius 2 is 2.14 bits per heavy atom. The van der Waals surface area contributed by atoms with E-state index in [9.17, 15) is 4.79 Å². The van der Waals surface area contributed by atoms with Crippen LogP contribution in [0.4, 0.5) is 0 Å². The molecule has 1 saturated heterocycles. The fraction of sp³-hybridized carbons (Fsp3) is 0.846. The fourth-order valence-corrected chi connectivity index (χ4v) is 2.47. The van der Waals surface area contributed by atoms with Crippen molar-refractivity contribution in [3.8, 4) is 0 Å². The van der Waals surface area contributed by atoms with Crippen molar-refractivity contribution in [1.29, 1.82) is 0 Å². The van der Waals surface area contributed by atoms with Gasteiger partial charge in [0.05, 0.1) is 18.3 Å². The molecular weight excluding hydrogens is 292 g/mol. The summed E-state index contributed by atoms with van der Waals surface area (Å²) in [6.07, 6.45) is 0. The number of aliphatic imine (C=N–C) groups is 1. The van der Waals surface area contributed by atoms with E-state index in [2.05, 4.69) is 36.8 Å². The molecule has 1 atom stereocenters. The van der Waals surface area contributed by atoms with Crippen LogP contribution in [0.25, 0.3) is 0 Å². The Hall–Kier alpha value is -1.21. The van der Waals surface area contributed by atoms with Crippen molar-refractivity contribution in [2.24, 2.45) is 14.7 Å². The van der Waals surface area contributed by atoms with Crippen LogP contribution < -0.4 is 5.32 Å². The summed E-state index contributed by atoms with van der Waals surface area (Å²) >= 11 is 5.33. The molecule has 0 radical (unpaired) electrons. The SMILES string of the molecule is CCN=C(N=NCl)N1CCN(CC(=O)NC(C)C)C[C@H]1C. The van der Waals surface area contributed by atoms with Gasteiger partial charge in [-0.3, -0.25) is 14.7 Å². The van der Waals surface area contributed by atoms with Gasteiger partial charge in [-0.05, 0) is 27.7 Å². The van der Waals surface area contributed by atoms with E-state index in [4.69, 9.17) is 11.8 Å². The average Bonchev–Trinajstić information content (AvgIpc) is 2.37. The summed E-state index contributed by atoms with van der Waals surface area (Å²) < 4.78 is 3.31. The van der Waals surface area contributed by atoms with Crippen molar-refractivity contribution < 1.29 is 4.79 Å². The van der Waals surface area contributed by atoms with Crippen molar-refractivity contribution in [3.05, 3.63) is 0 Å². The Morgan fingerprint density at radius 3 is 2.67 bits per heavy atom. The molecule has 0 aromatic heterocycles. The quantitative estimate of drug-likeness (QED) is 0.485. The molecule has 21 heavy (non-hydrogen) atoms. The Morgan fingerprint density at radius 1 is 1.43 bits per heavy atom. The molecule has 120 valence electrons. The Bertz CT molecular complexity index is 398. The molecule has 0 saturated carbocycles. The number of carbonyl (C=O) groups excluding carboxylic acids is 1. The number of nitrogens with zero attached hydrogens (tertiary/aromatic N) is 5. The third kappa shape index (κ3) is 5.97. The van der Waals surface area contributed by atoms with Gasteiger partial charge in [-0.1, -0.05) is 9.75 Å². The molecule has 1 N–H and O–H groups in total. The normalized spacial score (nSPS) is 21.3. The molecule has 0 aromatic rings. The van der Waals surface area contributed by atoms with Crippen molar-refractivity contribution in [1.82, 2.24) is 15.1 Å². The second-order valence-electron chi connectivity index (χ2n) is 5.45. The van der Waals surface area contributed by atoms with Crippen molar-refractivity contribution >= 4 is 23.6 Å². The molecule has 1 aliphatic rings. The van der Waals surface area contributed by atoms with Gasteiger partial charge in [0.15, 0.2) is 0 Å². The van der Waals surface area contributed by atoms with Crippen LogP contribution in [0.3, 0.4) is 0 Å². The number of amides is 1. The van der Waals surface area contributed by atoms with Gasteiger partial charge in [-0.2, -0.15) is 0 Å². The molecule has 0 bridgehead atoms. The van der Waals surface area contributed by atoms with Gasteiger partial charge >= 0.3 is 0 Å². The first kappa shape index (κ1) is 17.8. The van der Waals surface area contributed by atoms with Crippen LogP contribution in [-0.4, -0.2) is 66.5 Å². The van der Waals surface area contributed by atoms with E-state index >= 15 is 0 Å². The number of hydrogen-bond donors (Lipinski definition) is 1. The first-order chi connectivity index (χ1) is 9.97. The van der Waals surface area contributed by atoms with E-state index in [0.29, 0.717) is 19.0 Å². The molecule has 0 aromatic carbocycles.